The molecule has 3 nitrogen and oxygen atoms in total. The number of pyridine rings is 1. The molecule has 10 heteroatoms. The molecule has 0 aliphatic rings. The van der Waals surface area contributed by atoms with Crippen molar-refractivity contribution in [3.05, 3.63) is 23.1 Å². The van der Waals surface area contributed by atoms with Gasteiger partial charge in [0.1, 0.15) is 5.56 Å². The molecule has 18 heavy (non-hydrogen) atoms. The average Bonchev–Trinajstić information content (AvgIpc) is 2.16. The van der Waals surface area contributed by atoms with E-state index in [0.29, 0.717) is 0 Å². The fourth-order valence-corrected chi connectivity index (χ4v) is 1.11. The Hall–Kier alpha value is -1.58. The number of nitrogens with zero attached hydrogens (tertiary/aromatic N) is 1. The van der Waals surface area contributed by atoms with E-state index in [4.69, 9.17) is 5.11 Å². The molecular formula is C8H4F7NO2. The maximum atomic E-state index is 13.2. The van der Waals surface area contributed by atoms with Crippen LogP contribution in [0.5, 0.6) is 5.88 Å². The van der Waals surface area contributed by atoms with Crippen LogP contribution in [0.1, 0.15) is 11.1 Å². The van der Waals surface area contributed by atoms with Crippen LogP contribution in [-0.4, -0.2) is 16.5 Å². The summed E-state index contributed by atoms with van der Waals surface area (Å²) in [5.41, 5.74) is -3.03. The molecule has 0 aromatic carbocycles. The van der Waals surface area contributed by atoms with E-state index < -0.39 is 42.0 Å². The average molecular weight is 279 g/mol. The van der Waals surface area contributed by atoms with Gasteiger partial charge < -0.3 is 9.84 Å². The molecule has 1 aromatic heterocycles. The van der Waals surface area contributed by atoms with Crippen molar-refractivity contribution >= 4 is 0 Å². The number of hydrogen-bond donors (Lipinski definition) is 1. The number of ether oxygens (including phenoxy) is 1. The topological polar surface area (TPSA) is 42.4 Å². The summed E-state index contributed by atoms with van der Waals surface area (Å²) >= 11 is 0. The number of aromatic nitrogens is 1. The Morgan fingerprint density at radius 3 is 2.11 bits per heavy atom. The quantitative estimate of drug-likeness (QED) is 0.846. The normalized spacial score (nSPS) is 12.7. The van der Waals surface area contributed by atoms with Crippen LogP contribution in [0, 0.1) is 5.82 Å². The minimum Gasteiger partial charge on any atom is -0.392 e. The predicted octanol–water partition coefficient (Wildman–Crippen LogP) is 2.63. The third-order valence-corrected chi connectivity index (χ3v) is 1.73. The Morgan fingerprint density at radius 2 is 1.72 bits per heavy atom. The molecule has 0 radical (unpaired) electrons. The summed E-state index contributed by atoms with van der Waals surface area (Å²) < 4.78 is 88.7. The number of aliphatic hydroxyl groups is 1. The van der Waals surface area contributed by atoms with Crippen molar-refractivity contribution in [3.63, 3.8) is 0 Å². The second kappa shape index (κ2) is 4.59. The Morgan fingerprint density at radius 1 is 1.17 bits per heavy atom. The molecule has 1 N–H and O–H groups in total. The highest BCUT2D eigenvalue weighted by Crippen LogP contribution is 2.37. The van der Waals surface area contributed by atoms with Crippen molar-refractivity contribution in [2.75, 3.05) is 0 Å². The minimum atomic E-state index is -5.38. The summed E-state index contributed by atoms with van der Waals surface area (Å²) in [6.45, 7) is -1.23. The van der Waals surface area contributed by atoms with Crippen molar-refractivity contribution in [1.82, 2.24) is 4.98 Å². The van der Waals surface area contributed by atoms with Gasteiger partial charge in [-0.3, -0.25) is 0 Å². The van der Waals surface area contributed by atoms with E-state index in [1.807, 2.05) is 0 Å². The van der Waals surface area contributed by atoms with Crippen LogP contribution in [0.3, 0.4) is 0 Å². The van der Waals surface area contributed by atoms with Gasteiger partial charge in [0.15, 0.2) is 5.82 Å². The third kappa shape index (κ3) is 3.22. The molecule has 0 atom stereocenters. The number of rotatable bonds is 2. The maximum absolute atomic E-state index is 13.2. The summed E-state index contributed by atoms with van der Waals surface area (Å²) in [6.07, 6.45) is -10.4. The number of alkyl halides is 6. The van der Waals surface area contributed by atoms with E-state index in [-0.39, 0.29) is 6.20 Å². The third-order valence-electron chi connectivity index (χ3n) is 1.73. The van der Waals surface area contributed by atoms with Gasteiger partial charge in [-0.05, 0) is 0 Å². The lowest BCUT2D eigenvalue weighted by Crippen LogP contribution is -2.21. The molecule has 0 unspecified atom stereocenters. The van der Waals surface area contributed by atoms with Crippen LogP contribution in [0.4, 0.5) is 30.7 Å². The van der Waals surface area contributed by atoms with Gasteiger partial charge >= 0.3 is 12.5 Å². The molecule has 0 saturated carbocycles. The molecule has 0 spiro atoms. The van der Waals surface area contributed by atoms with Crippen LogP contribution in [0.25, 0.3) is 0 Å². The van der Waals surface area contributed by atoms with E-state index >= 15 is 0 Å². The maximum Gasteiger partial charge on any atom is 0.574 e. The van der Waals surface area contributed by atoms with Crippen molar-refractivity contribution in [3.8, 4) is 5.88 Å². The smallest absolute Gasteiger partial charge is 0.392 e. The molecule has 102 valence electrons. The summed E-state index contributed by atoms with van der Waals surface area (Å²) in [5.74, 6) is -4.18. The number of aliphatic hydroxyl groups excluding tert-OH is 1. The van der Waals surface area contributed by atoms with E-state index in [0.717, 1.165) is 0 Å². The summed E-state index contributed by atoms with van der Waals surface area (Å²) in [5, 5.41) is 8.56. The van der Waals surface area contributed by atoms with Gasteiger partial charge in [-0.15, -0.1) is 13.2 Å². The van der Waals surface area contributed by atoms with Crippen LogP contribution >= 0.6 is 0 Å². The lowest BCUT2D eigenvalue weighted by atomic mass is 10.1. The Labute approximate surface area is 94.8 Å². The first-order valence-electron chi connectivity index (χ1n) is 4.17. The standard InChI is InChI=1S/C8H4F7NO2/c9-5-4(7(10,11)12)3(2-17)1-16-6(5)18-8(13,14)15/h1,17H,2H2. The molecule has 0 aliphatic carbocycles. The lowest BCUT2D eigenvalue weighted by molar-refractivity contribution is -0.277. The molecule has 1 heterocycles. The Balaban J connectivity index is 3.35. The largest absolute Gasteiger partial charge is 0.574 e. The van der Waals surface area contributed by atoms with Gasteiger partial charge in [-0.1, -0.05) is 0 Å². The minimum absolute atomic E-state index is 0.257. The van der Waals surface area contributed by atoms with Crippen molar-refractivity contribution < 1.29 is 40.6 Å². The fraction of sp³-hybridized carbons (Fsp3) is 0.375. The fourth-order valence-electron chi connectivity index (χ4n) is 1.11. The molecule has 0 saturated heterocycles. The van der Waals surface area contributed by atoms with Gasteiger partial charge in [0.05, 0.1) is 6.61 Å². The first-order chi connectivity index (χ1) is 8.06. The summed E-state index contributed by atoms with van der Waals surface area (Å²) in [4.78, 5) is 2.73. The second-order valence-corrected chi connectivity index (χ2v) is 2.98. The van der Waals surface area contributed by atoms with E-state index in [2.05, 4.69) is 9.72 Å². The SMILES string of the molecule is OCc1cnc(OC(F)(F)F)c(F)c1C(F)(F)F. The number of hydrogen-bond acceptors (Lipinski definition) is 3. The highest BCUT2D eigenvalue weighted by Gasteiger charge is 2.41. The van der Waals surface area contributed by atoms with Gasteiger partial charge in [0.2, 0.25) is 0 Å². The molecule has 1 aromatic rings. The van der Waals surface area contributed by atoms with E-state index in [9.17, 15) is 30.7 Å². The Kier molecular flexibility index (Phi) is 3.70. The summed E-state index contributed by atoms with van der Waals surface area (Å²) in [7, 11) is 0. The second-order valence-electron chi connectivity index (χ2n) is 2.98. The van der Waals surface area contributed by atoms with Gasteiger partial charge in [-0.2, -0.15) is 13.2 Å². The van der Waals surface area contributed by atoms with Crippen LogP contribution < -0.4 is 4.74 Å². The van der Waals surface area contributed by atoms with Crippen LogP contribution in [0.15, 0.2) is 6.20 Å². The van der Waals surface area contributed by atoms with Crippen molar-refractivity contribution in [2.24, 2.45) is 0 Å². The highest BCUT2D eigenvalue weighted by molar-refractivity contribution is 5.33. The van der Waals surface area contributed by atoms with Gasteiger partial charge in [0, 0.05) is 11.8 Å². The van der Waals surface area contributed by atoms with E-state index in [1.54, 1.807) is 0 Å². The lowest BCUT2D eigenvalue weighted by Gasteiger charge is -2.15. The predicted molar refractivity (Wildman–Crippen MR) is 41.8 cm³/mol. The molecule has 1 rings (SSSR count). The zero-order chi connectivity index (χ0) is 14.1. The zero-order valence-corrected chi connectivity index (χ0v) is 8.23. The van der Waals surface area contributed by atoms with Crippen molar-refractivity contribution in [1.29, 1.82) is 0 Å². The zero-order valence-electron chi connectivity index (χ0n) is 8.23. The van der Waals surface area contributed by atoms with E-state index in [1.165, 1.54) is 0 Å². The molecule has 0 fully saturated rings. The molecular weight excluding hydrogens is 275 g/mol. The monoisotopic (exact) mass is 279 g/mol. The van der Waals surface area contributed by atoms with Gasteiger partial charge in [0.25, 0.3) is 5.88 Å². The van der Waals surface area contributed by atoms with Gasteiger partial charge in [-0.25, -0.2) is 9.37 Å². The first kappa shape index (κ1) is 14.5. The van der Waals surface area contributed by atoms with Crippen LogP contribution in [-0.2, 0) is 12.8 Å². The first-order valence-corrected chi connectivity index (χ1v) is 4.17. The highest BCUT2D eigenvalue weighted by atomic mass is 19.4. The Bertz CT molecular complexity index is 440. The molecule has 0 aliphatic heterocycles. The van der Waals surface area contributed by atoms with Crippen LogP contribution in [0.2, 0.25) is 0 Å². The molecule has 0 bridgehead atoms. The number of halogens is 7. The van der Waals surface area contributed by atoms with Crippen molar-refractivity contribution in [2.45, 2.75) is 19.1 Å². The summed E-state index contributed by atoms with van der Waals surface area (Å²) in [6, 6.07) is 0. The molecule has 0 amide bonds.